The average Bonchev–Trinajstić information content (AvgIpc) is 3.05. The molecule has 1 aromatic carbocycles. The van der Waals surface area contributed by atoms with Crippen molar-refractivity contribution in [3.05, 3.63) is 35.6 Å². The van der Waals surface area contributed by atoms with Crippen LogP contribution in [0.1, 0.15) is 25.3 Å². The van der Waals surface area contributed by atoms with Crippen LogP contribution in [0.5, 0.6) is 0 Å². The molecule has 1 saturated carbocycles. The normalized spacial score (nSPS) is 18.8. The van der Waals surface area contributed by atoms with Crippen molar-refractivity contribution in [2.24, 2.45) is 0 Å². The van der Waals surface area contributed by atoms with Gasteiger partial charge in [-0.05, 0) is 37.5 Å². The van der Waals surface area contributed by atoms with Gasteiger partial charge in [-0.15, -0.1) is 0 Å². The molecule has 0 bridgehead atoms. The van der Waals surface area contributed by atoms with E-state index in [0.717, 1.165) is 18.4 Å². The molecule has 0 amide bonds. The molecule has 1 atom stereocenters. The third-order valence-electron chi connectivity index (χ3n) is 2.82. The van der Waals surface area contributed by atoms with Gasteiger partial charge in [0.1, 0.15) is 11.4 Å². The first-order valence-corrected chi connectivity index (χ1v) is 5.55. The van der Waals surface area contributed by atoms with Gasteiger partial charge in [0, 0.05) is 12.5 Å². The van der Waals surface area contributed by atoms with Crippen LogP contribution in [0.2, 0.25) is 0 Å². The lowest BCUT2D eigenvalue weighted by Crippen LogP contribution is -2.44. The third-order valence-corrected chi connectivity index (χ3v) is 2.82. The van der Waals surface area contributed by atoms with Crippen LogP contribution in [0.4, 0.5) is 4.39 Å². The topological polar surface area (TPSA) is 35.8 Å². The number of nitrogens with one attached hydrogen (secondary N) is 1. The molecule has 0 aromatic heterocycles. The van der Waals surface area contributed by atoms with Crippen molar-refractivity contribution >= 4 is 0 Å². The number of benzene rings is 1. The van der Waals surface area contributed by atoms with E-state index in [1.165, 1.54) is 12.1 Å². The molecule has 1 aliphatic carbocycles. The molecule has 0 aliphatic heterocycles. The molecule has 1 aliphatic rings. The molecule has 0 spiro atoms. The van der Waals surface area contributed by atoms with E-state index < -0.39 is 5.54 Å². The maximum Gasteiger partial charge on any atom is 0.123 e. The Balaban J connectivity index is 2.05. The van der Waals surface area contributed by atoms with Gasteiger partial charge in [-0.25, -0.2) is 4.39 Å². The van der Waals surface area contributed by atoms with E-state index in [1.807, 2.05) is 6.92 Å². The first kappa shape index (κ1) is 11.1. The van der Waals surface area contributed by atoms with Crippen LogP contribution in [0.15, 0.2) is 24.3 Å². The van der Waals surface area contributed by atoms with E-state index in [-0.39, 0.29) is 5.82 Å². The van der Waals surface area contributed by atoms with Gasteiger partial charge < -0.3 is 0 Å². The van der Waals surface area contributed by atoms with Crippen LogP contribution in [-0.2, 0) is 6.42 Å². The van der Waals surface area contributed by atoms with Crippen LogP contribution in [0.3, 0.4) is 0 Å². The number of nitrogens with zero attached hydrogens (tertiary/aromatic N) is 1. The van der Waals surface area contributed by atoms with E-state index in [2.05, 4.69) is 11.4 Å². The second kappa shape index (κ2) is 4.23. The van der Waals surface area contributed by atoms with Gasteiger partial charge >= 0.3 is 0 Å². The Morgan fingerprint density at radius 2 is 2.06 bits per heavy atom. The van der Waals surface area contributed by atoms with Gasteiger partial charge in [-0.1, -0.05) is 12.1 Å². The maximum atomic E-state index is 12.7. The summed E-state index contributed by atoms with van der Waals surface area (Å²) < 4.78 is 12.7. The molecule has 0 radical (unpaired) electrons. The SMILES string of the molecule is CC(C#N)(Cc1ccc(F)cc1)NC1CC1. The second-order valence-corrected chi connectivity index (χ2v) is 4.67. The van der Waals surface area contributed by atoms with Crippen molar-refractivity contribution in [1.82, 2.24) is 5.32 Å². The number of rotatable bonds is 4. The van der Waals surface area contributed by atoms with E-state index >= 15 is 0 Å². The summed E-state index contributed by atoms with van der Waals surface area (Å²) in [6.45, 7) is 1.90. The molecule has 2 rings (SSSR count). The molecule has 16 heavy (non-hydrogen) atoms. The molecular formula is C13H15FN2. The Bertz CT molecular complexity index is 403. The largest absolute Gasteiger partial charge is 0.297 e. The number of hydrogen-bond donors (Lipinski definition) is 1. The number of halogens is 1. The van der Waals surface area contributed by atoms with Crippen molar-refractivity contribution < 1.29 is 4.39 Å². The zero-order chi connectivity index (χ0) is 11.6. The summed E-state index contributed by atoms with van der Waals surface area (Å²) in [5.74, 6) is -0.238. The van der Waals surface area contributed by atoms with Gasteiger partial charge in [0.2, 0.25) is 0 Å². The summed E-state index contributed by atoms with van der Waals surface area (Å²) in [6, 6.07) is 9.14. The molecule has 1 N–H and O–H groups in total. The van der Waals surface area contributed by atoms with Crippen molar-refractivity contribution in [1.29, 1.82) is 5.26 Å². The van der Waals surface area contributed by atoms with Crippen molar-refractivity contribution in [2.45, 2.75) is 37.8 Å². The highest BCUT2D eigenvalue weighted by molar-refractivity contribution is 5.22. The molecular weight excluding hydrogens is 203 g/mol. The highest BCUT2D eigenvalue weighted by atomic mass is 19.1. The number of nitriles is 1. The van der Waals surface area contributed by atoms with Gasteiger partial charge in [0.05, 0.1) is 6.07 Å². The van der Waals surface area contributed by atoms with Gasteiger partial charge in [-0.2, -0.15) is 5.26 Å². The Morgan fingerprint density at radius 3 is 2.56 bits per heavy atom. The lowest BCUT2D eigenvalue weighted by Gasteiger charge is -2.23. The second-order valence-electron chi connectivity index (χ2n) is 4.67. The number of hydrogen-bond acceptors (Lipinski definition) is 2. The fourth-order valence-electron chi connectivity index (χ4n) is 1.81. The minimum absolute atomic E-state index is 0.238. The standard InChI is InChI=1S/C13H15FN2/c1-13(9-15,16-12-6-7-12)8-10-2-4-11(14)5-3-10/h2-5,12,16H,6-8H2,1H3. The summed E-state index contributed by atoms with van der Waals surface area (Å²) in [5.41, 5.74) is 0.442. The van der Waals surface area contributed by atoms with Crippen LogP contribution in [0, 0.1) is 17.1 Å². The zero-order valence-electron chi connectivity index (χ0n) is 9.33. The van der Waals surface area contributed by atoms with E-state index in [9.17, 15) is 9.65 Å². The summed E-state index contributed by atoms with van der Waals surface area (Å²) in [4.78, 5) is 0. The van der Waals surface area contributed by atoms with Gasteiger partial charge in [-0.3, -0.25) is 5.32 Å². The van der Waals surface area contributed by atoms with Crippen LogP contribution >= 0.6 is 0 Å². The van der Waals surface area contributed by atoms with Crippen LogP contribution < -0.4 is 5.32 Å². The lowest BCUT2D eigenvalue weighted by atomic mass is 9.94. The maximum absolute atomic E-state index is 12.7. The van der Waals surface area contributed by atoms with Gasteiger partial charge in [0.15, 0.2) is 0 Å². The average molecular weight is 218 g/mol. The summed E-state index contributed by atoms with van der Waals surface area (Å²) in [7, 11) is 0. The quantitative estimate of drug-likeness (QED) is 0.842. The first-order chi connectivity index (χ1) is 7.61. The van der Waals surface area contributed by atoms with E-state index in [0.29, 0.717) is 12.5 Å². The smallest absolute Gasteiger partial charge is 0.123 e. The Morgan fingerprint density at radius 1 is 1.44 bits per heavy atom. The van der Waals surface area contributed by atoms with E-state index in [1.54, 1.807) is 12.1 Å². The van der Waals surface area contributed by atoms with Crippen molar-refractivity contribution in [2.75, 3.05) is 0 Å². The Kier molecular flexibility index (Phi) is 2.93. The fraction of sp³-hybridized carbons (Fsp3) is 0.462. The van der Waals surface area contributed by atoms with Crippen LogP contribution in [-0.4, -0.2) is 11.6 Å². The molecule has 3 heteroatoms. The molecule has 1 fully saturated rings. The molecule has 1 unspecified atom stereocenters. The highest BCUT2D eigenvalue weighted by Gasteiger charge is 2.32. The van der Waals surface area contributed by atoms with Gasteiger partial charge in [0.25, 0.3) is 0 Å². The predicted molar refractivity (Wildman–Crippen MR) is 60.3 cm³/mol. The minimum Gasteiger partial charge on any atom is -0.297 e. The molecule has 1 aromatic rings. The Hall–Kier alpha value is -1.40. The highest BCUT2D eigenvalue weighted by Crippen LogP contribution is 2.24. The third kappa shape index (κ3) is 2.80. The lowest BCUT2D eigenvalue weighted by molar-refractivity contribution is 0.441. The molecule has 0 saturated heterocycles. The first-order valence-electron chi connectivity index (χ1n) is 5.55. The minimum atomic E-state index is -0.543. The predicted octanol–water partition coefficient (Wildman–Crippen LogP) is 2.40. The Labute approximate surface area is 95.1 Å². The van der Waals surface area contributed by atoms with E-state index in [4.69, 9.17) is 0 Å². The van der Waals surface area contributed by atoms with Crippen molar-refractivity contribution in [3.8, 4) is 6.07 Å². The van der Waals surface area contributed by atoms with Crippen molar-refractivity contribution in [3.63, 3.8) is 0 Å². The summed E-state index contributed by atoms with van der Waals surface area (Å²) in [5, 5.41) is 12.5. The summed E-state index contributed by atoms with van der Waals surface area (Å²) in [6.07, 6.45) is 2.92. The van der Waals surface area contributed by atoms with Crippen LogP contribution in [0.25, 0.3) is 0 Å². The fourth-order valence-corrected chi connectivity index (χ4v) is 1.81. The molecule has 2 nitrogen and oxygen atoms in total. The molecule has 0 heterocycles. The summed E-state index contributed by atoms with van der Waals surface area (Å²) >= 11 is 0. The monoisotopic (exact) mass is 218 g/mol. The zero-order valence-corrected chi connectivity index (χ0v) is 9.33. The molecule has 84 valence electrons.